The molecule has 1 aliphatic rings. The summed E-state index contributed by atoms with van der Waals surface area (Å²) in [5.41, 5.74) is 0. The standard InChI is InChI=1S/C9H12F4O/c10-8(11)9(12,13)7(14)6-4-2-1-3-5-6/h6,8H,1-5H2. The molecule has 1 fully saturated rings. The highest BCUT2D eigenvalue weighted by Gasteiger charge is 2.50. The molecule has 0 radical (unpaired) electrons. The van der Waals surface area contributed by atoms with E-state index in [1.807, 2.05) is 0 Å². The zero-order valence-electron chi connectivity index (χ0n) is 7.61. The van der Waals surface area contributed by atoms with Gasteiger partial charge in [-0.3, -0.25) is 4.79 Å². The van der Waals surface area contributed by atoms with Crippen LogP contribution in [0.4, 0.5) is 17.6 Å². The van der Waals surface area contributed by atoms with E-state index in [2.05, 4.69) is 0 Å². The average molecular weight is 212 g/mol. The molecule has 0 aromatic carbocycles. The van der Waals surface area contributed by atoms with E-state index >= 15 is 0 Å². The predicted molar refractivity (Wildman–Crippen MR) is 42.5 cm³/mol. The molecule has 0 aromatic rings. The highest BCUT2D eigenvalue weighted by Crippen LogP contribution is 2.33. The fraction of sp³-hybridized carbons (Fsp3) is 0.889. The molecule has 1 rings (SSSR count). The van der Waals surface area contributed by atoms with Gasteiger partial charge in [0.2, 0.25) is 5.78 Å². The normalized spacial score (nSPS) is 20.1. The van der Waals surface area contributed by atoms with E-state index in [1.54, 1.807) is 0 Å². The third-order valence-corrected chi connectivity index (χ3v) is 2.58. The molecule has 14 heavy (non-hydrogen) atoms. The minimum absolute atomic E-state index is 0.321. The van der Waals surface area contributed by atoms with Gasteiger partial charge >= 0.3 is 12.3 Å². The van der Waals surface area contributed by atoms with Crippen molar-refractivity contribution < 1.29 is 22.4 Å². The summed E-state index contributed by atoms with van der Waals surface area (Å²) in [5, 5.41) is 0. The van der Waals surface area contributed by atoms with Crippen molar-refractivity contribution in [1.82, 2.24) is 0 Å². The molecule has 0 amide bonds. The number of ketones is 1. The van der Waals surface area contributed by atoms with Gasteiger partial charge in [-0.2, -0.15) is 8.78 Å². The maximum atomic E-state index is 12.6. The molecule has 5 heteroatoms. The second kappa shape index (κ2) is 4.28. The highest BCUT2D eigenvalue weighted by atomic mass is 19.3. The number of carbonyl (C=O) groups is 1. The van der Waals surface area contributed by atoms with Crippen LogP contribution in [0.2, 0.25) is 0 Å². The van der Waals surface area contributed by atoms with Gasteiger partial charge in [-0.1, -0.05) is 19.3 Å². The summed E-state index contributed by atoms with van der Waals surface area (Å²) in [6.45, 7) is 0. The van der Waals surface area contributed by atoms with Gasteiger partial charge in [0.25, 0.3) is 0 Å². The van der Waals surface area contributed by atoms with Crippen LogP contribution in [0, 0.1) is 5.92 Å². The van der Waals surface area contributed by atoms with E-state index in [4.69, 9.17) is 0 Å². The van der Waals surface area contributed by atoms with Crippen molar-refractivity contribution in [2.75, 3.05) is 0 Å². The maximum Gasteiger partial charge on any atom is 0.364 e. The Kier molecular flexibility index (Phi) is 3.50. The molecule has 82 valence electrons. The number of Topliss-reactive ketones (excluding diaryl/α,β-unsaturated/α-hetero) is 1. The predicted octanol–water partition coefficient (Wildman–Crippen LogP) is 3.04. The third-order valence-electron chi connectivity index (χ3n) is 2.58. The van der Waals surface area contributed by atoms with Crippen LogP contribution in [-0.4, -0.2) is 18.1 Å². The van der Waals surface area contributed by atoms with Crippen LogP contribution >= 0.6 is 0 Å². The van der Waals surface area contributed by atoms with Crippen molar-refractivity contribution in [1.29, 1.82) is 0 Å². The van der Waals surface area contributed by atoms with Gasteiger partial charge in [-0.05, 0) is 12.8 Å². The Morgan fingerprint density at radius 1 is 1.14 bits per heavy atom. The molecule has 1 nitrogen and oxygen atoms in total. The molecular formula is C9H12F4O. The van der Waals surface area contributed by atoms with Crippen molar-refractivity contribution in [2.24, 2.45) is 5.92 Å². The molecule has 0 unspecified atom stereocenters. The van der Waals surface area contributed by atoms with Gasteiger partial charge in [0.05, 0.1) is 0 Å². The molecule has 0 aromatic heterocycles. The van der Waals surface area contributed by atoms with Crippen molar-refractivity contribution in [2.45, 2.75) is 44.5 Å². The number of carbonyl (C=O) groups excluding carboxylic acids is 1. The van der Waals surface area contributed by atoms with E-state index in [1.165, 1.54) is 0 Å². The lowest BCUT2D eigenvalue weighted by Gasteiger charge is -2.24. The summed E-state index contributed by atoms with van der Waals surface area (Å²) >= 11 is 0. The largest absolute Gasteiger partial charge is 0.364 e. The number of hydrogen-bond acceptors (Lipinski definition) is 1. The minimum atomic E-state index is -4.46. The molecule has 0 spiro atoms. The zero-order valence-corrected chi connectivity index (χ0v) is 7.61. The van der Waals surface area contributed by atoms with Crippen LogP contribution in [-0.2, 0) is 4.79 Å². The van der Waals surface area contributed by atoms with Crippen molar-refractivity contribution >= 4 is 5.78 Å². The summed E-state index contributed by atoms with van der Waals surface area (Å²) < 4.78 is 48.9. The number of halogens is 4. The molecule has 0 bridgehead atoms. The van der Waals surface area contributed by atoms with Crippen LogP contribution in [0.3, 0.4) is 0 Å². The van der Waals surface area contributed by atoms with Gasteiger partial charge in [0.1, 0.15) is 0 Å². The Morgan fingerprint density at radius 2 is 1.64 bits per heavy atom. The Hall–Kier alpha value is -0.610. The molecule has 1 aliphatic carbocycles. The first-order valence-corrected chi connectivity index (χ1v) is 4.66. The van der Waals surface area contributed by atoms with Gasteiger partial charge in [-0.25, -0.2) is 8.78 Å². The van der Waals surface area contributed by atoms with Gasteiger partial charge in [0.15, 0.2) is 0 Å². The van der Waals surface area contributed by atoms with Gasteiger partial charge in [-0.15, -0.1) is 0 Å². The number of hydrogen-bond donors (Lipinski definition) is 0. The quantitative estimate of drug-likeness (QED) is 0.657. The fourth-order valence-electron chi connectivity index (χ4n) is 1.74. The first kappa shape index (κ1) is 11.5. The van der Waals surface area contributed by atoms with Gasteiger partial charge in [0, 0.05) is 5.92 Å². The Bertz CT molecular complexity index is 209. The van der Waals surface area contributed by atoms with E-state index in [-0.39, 0.29) is 0 Å². The van der Waals surface area contributed by atoms with E-state index in [0.717, 1.165) is 6.42 Å². The van der Waals surface area contributed by atoms with E-state index in [0.29, 0.717) is 25.7 Å². The Morgan fingerprint density at radius 3 is 2.07 bits per heavy atom. The SMILES string of the molecule is O=C(C1CCCCC1)C(F)(F)C(F)F. The van der Waals surface area contributed by atoms with Crippen molar-refractivity contribution in [3.63, 3.8) is 0 Å². The smallest absolute Gasteiger partial charge is 0.292 e. The van der Waals surface area contributed by atoms with Crippen molar-refractivity contribution in [3.05, 3.63) is 0 Å². The first-order valence-electron chi connectivity index (χ1n) is 4.66. The summed E-state index contributed by atoms with van der Waals surface area (Å²) in [4.78, 5) is 11.0. The number of rotatable bonds is 3. The summed E-state index contributed by atoms with van der Waals surface area (Å²) in [7, 11) is 0. The van der Waals surface area contributed by atoms with E-state index in [9.17, 15) is 22.4 Å². The molecule has 0 aliphatic heterocycles. The number of alkyl halides is 4. The van der Waals surface area contributed by atoms with E-state index < -0.39 is 24.0 Å². The molecule has 0 N–H and O–H groups in total. The summed E-state index contributed by atoms with van der Waals surface area (Å²) in [6, 6.07) is 0. The lowest BCUT2D eigenvalue weighted by Crippen LogP contribution is -2.41. The van der Waals surface area contributed by atoms with Crippen LogP contribution in [0.25, 0.3) is 0 Å². The topological polar surface area (TPSA) is 17.1 Å². The molecule has 0 atom stereocenters. The summed E-state index contributed by atoms with van der Waals surface area (Å²) in [5.74, 6) is -6.90. The highest BCUT2D eigenvalue weighted by molar-refractivity contribution is 5.88. The second-order valence-corrected chi connectivity index (χ2v) is 3.62. The Balaban J connectivity index is 2.63. The monoisotopic (exact) mass is 212 g/mol. The minimum Gasteiger partial charge on any atom is -0.292 e. The average Bonchev–Trinajstić information content (AvgIpc) is 2.17. The van der Waals surface area contributed by atoms with Crippen LogP contribution in [0.1, 0.15) is 32.1 Å². The fourth-order valence-corrected chi connectivity index (χ4v) is 1.74. The van der Waals surface area contributed by atoms with Crippen molar-refractivity contribution in [3.8, 4) is 0 Å². The Labute approximate surface area is 79.5 Å². The maximum absolute atomic E-state index is 12.6. The summed E-state index contributed by atoms with van der Waals surface area (Å²) in [6.07, 6.45) is -0.991. The van der Waals surface area contributed by atoms with Crippen LogP contribution < -0.4 is 0 Å². The van der Waals surface area contributed by atoms with Crippen LogP contribution in [0.15, 0.2) is 0 Å². The van der Waals surface area contributed by atoms with Gasteiger partial charge < -0.3 is 0 Å². The molecule has 0 heterocycles. The zero-order chi connectivity index (χ0) is 10.8. The molecular weight excluding hydrogens is 200 g/mol. The van der Waals surface area contributed by atoms with Crippen LogP contribution in [0.5, 0.6) is 0 Å². The molecule has 0 saturated heterocycles. The first-order chi connectivity index (χ1) is 6.46. The third kappa shape index (κ3) is 2.25. The lowest BCUT2D eigenvalue weighted by molar-refractivity contribution is -0.172. The second-order valence-electron chi connectivity index (χ2n) is 3.62. The molecule has 1 saturated carbocycles. The lowest BCUT2D eigenvalue weighted by atomic mass is 9.84.